The molecule has 0 bridgehead atoms. The first kappa shape index (κ1) is 20.8. The molecule has 1 N–H and O–H groups in total. The van der Waals surface area contributed by atoms with Crippen LogP contribution in [0.25, 0.3) is 27.3 Å². The molecule has 0 aliphatic heterocycles. The second-order valence-electron chi connectivity index (χ2n) is 7.07. The lowest BCUT2D eigenvalue weighted by Crippen LogP contribution is -1.95. The Bertz CT molecular complexity index is 1200. The van der Waals surface area contributed by atoms with Gasteiger partial charge in [-0.3, -0.25) is 0 Å². The van der Waals surface area contributed by atoms with E-state index in [1.165, 1.54) is 0 Å². The van der Waals surface area contributed by atoms with Crippen molar-refractivity contribution in [3.8, 4) is 34.1 Å². The summed E-state index contributed by atoms with van der Waals surface area (Å²) in [5.74, 6) is 2.12. The number of allylic oxidation sites excluding steroid dienone is 1. The quantitative estimate of drug-likeness (QED) is 0.359. The highest BCUT2D eigenvalue weighted by molar-refractivity contribution is 7.17. The third kappa shape index (κ3) is 4.23. The molecule has 5 heteroatoms. The summed E-state index contributed by atoms with van der Waals surface area (Å²) in [6.07, 6.45) is 4.77. The van der Waals surface area contributed by atoms with Crippen molar-refractivity contribution >= 4 is 27.5 Å². The first-order valence-corrected chi connectivity index (χ1v) is 10.8. The van der Waals surface area contributed by atoms with Crippen LogP contribution < -0.4 is 14.2 Å². The summed E-state index contributed by atoms with van der Waals surface area (Å²) in [6, 6.07) is 18.0. The van der Waals surface area contributed by atoms with Crippen molar-refractivity contribution in [3.05, 3.63) is 77.2 Å². The van der Waals surface area contributed by atoms with Gasteiger partial charge >= 0.3 is 0 Å². The molecule has 31 heavy (non-hydrogen) atoms. The first-order chi connectivity index (χ1) is 15.1. The second kappa shape index (κ2) is 9.14. The van der Waals surface area contributed by atoms with Gasteiger partial charge in [0.2, 0.25) is 5.75 Å². The third-order valence-electron chi connectivity index (χ3n) is 5.15. The molecule has 0 saturated heterocycles. The number of thiophene rings is 1. The number of ether oxygens (including phenoxy) is 3. The monoisotopic (exact) mass is 432 g/mol. The Morgan fingerprint density at radius 1 is 0.903 bits per heavy atom. The highest BCUT2D eigenvalue weighted by Gasteiger charge is 2.13. The number of methoxy groups -OCH3 is 3. The van der Waals surface area contributed by atoms with Gasteiger partial charge in [0.15, 0.2) is 11.5 Å². The van der Waals surface area contributed by atoms with Crippen molar-refractivity contribution in [1.82, 2.24) is 0 Å². The molecule has 0 radical (unpaired) electrons. The number of hydrogen-bond donors (Lipinski definition) is 1. The lowest BCUT2D eigenvalue weighted by molar-refractivity contribution is 0.324. The molecule has 0 amide bonds. The normalized spacial score (nSPS) is 11.2. The van der Waals surface area contributed by atoms with E-state index in [0.29, 0.717) is 29.4 Å². The number of rotatable bonds is 7. The van der Waals surface area contributed by atoms with Gasteiger partial charge in [-0.15, -0.1) is 11.3 Å². The van der Waals surface area contributed by atoms with Crippen LogP contribution in [0, 0.1) is 0 Å². The molecular weight excluding hydrogens is 408 g/mol. The Morgan fingerprint density at radius 2 is 1.61 bits per heavy atom. The highest BCUT2D eigenvalue weighted by Crippen LogP contribution is 2.41. The summed E-state index contributed by atoms with van der Waals surface area (Å²) in [4.78, 5) is 0. The molecule has 0 atom stereocenters. The predicted octanol–water partition coefficient (Wildman–Crippen LogP) is 6.56. The van der Waals surface area contributed by atoms with Gasteiger partial charge in [0.25, 0.3) is 0 Å². The SMILES string of the molecule is COc1cc(/C=C\Cc2cc(O)c3c(-c4ccccc4)csc3c2)cc(OC)c1OC. The van der Waals surface area contributed by atoms with Crippen LogP contribution in [0.2, 0.25) is 0 Å². The molecule has 1 heterocycles. The van der Waals surface area contributed by atoms with Crippen molar-refractivity contribution in [3.63, 3.8) is 0 Å². The molecule has 1 aromatic heterocycles. The molecule has 4 rings (SSSR count). The summed E-state index contributed by atoms with van der Waals surface area (Å²) in [7, 11) is 4.80. The standard InChI is InChI=1S/C26H24O4S/c1-28-22-13-18(14-23(29-2)26(22)30-3)9-7-8-17-12-21(27)25-20(16-31-24(25)15-17)19-10-5-4-6-11-19/h4-7,9-16,27H,8H2,1-3H3/b9-7-. The molecule has 0 fully saturated rings. The number of hydrogen-bond acceptors (Lipinski definition) is 5. The molecule has 3 aromatic carbocycles. The molecule has 4 aromatic rings. The number of phenolic OH excluding ortho intramolecular Hbond substituents is 1. The van der Waals surface area contributed by atoms with E-state index in [1.54, 1.807) is 32.7 Å². The van der Waals surface area contributed by atoms with Crippen molar-refractivity contribution in [2.24, 2.45) is 0 Å². The van der Waals surface area contributed by atoms with E-state index in [9.17, 15) is 5.11 Å². The predicted molar refractivity (Wildman–Crippen MR) is 128 cm³/mol. The van der Waals surface area contributed by atoms with Gasteiger partial charge in [-0.05, 0) is 52.8 Å². The molecule has 0 spiro atoms. The smallest absolute Gasteiger partial charge is 0.203 e. The third-order valence-corrected chi connectivity index (χ3v) is 6.08. The summed E-state index contributed by atoms with van der Waals surface area (Å²) >= 11 is 1.65. The fraction of sp³-hybridized carbons (Fsp3) is 0.154. The molecular formula is C26H24O4S. The summed E-state index contributed by atoms with van der Waals surface area (Å²) in [5.41, 5.74) is 4.18. The maximum absolute atomic E-state index is 10.7. The molecule has 0 aliphatic rings. The number of fused-ring (bicyclic) bond motifs is 1. The van der Waals surface area contributed by atoms with Gasteiger partial charge in [-0.1, -0.05) is 42.5 Å². The highest BCUT2D eigenvalue weighted by atomic mass is 32.1. The fourth-order valence-electron chi connectivity index (χ4n) is 3.68. The Balaban J connectivity index is 1.59. The average Bonchev–Trinajstić information content (AvgIpc) is 3.23. The Hall–Kier alpha value is -3.44. The van der Waals surface area contributed by atoms with E-state index in [4.69, 9.17) is 14.2 Å². The zero-order chi connectivity index (χ0) is 21.8. The van der Waals surface area contributed by atoms with E-state index >= 15 is 0 Å². The van der Waals surface area contributed by atoms with Crippen LogP contribution in [0.5, 0.6) is 23.0 Å². The van der Waals surface area contributed by atoms with E-state index in [2.05, 4.69) is 29.7 Å². The van der Waals surface area contributed by atoms with Crippen molar-refractivity contribution in [2.75, 3.05) is 21.3 Å². The van der Waals surface area contributed by atoms with Crippen LogP contribution in [0.15, 0.2) is 66.1 Å². The minimum atomic E-state index is 0.314. The van der Waals surface area contributed by atoms with Crippen LogP contribution in [-0.4, -0.2) is 26.4 Å². The molecule has 4 nitrogen and oxygen atoms in total. The van der Waals surface area contributed by atoms with Gasteiger partial charge < -0.3 is 19.3 Å². The summed E-state index contributed by atoms with van der Waals surface area (Å²) in [6.45, 7) is 0. The number of aromatic hydroxyl groups is 1. The van der Waals surface area contributed by atoms with Crippen LogP contribution in [0.1, 0.15) is 11.1 Å². The average molecular weight is 433 g/mol. The van der Waals surface area contributed by atoms with E-state index in [-0.39, 0.29) is 0 Å². The van der Waals surface area contributed by atoms with Gasteiger partial charge in [0, 0.05) is 15.6 Å². The minimum absolute atomic E-state index is 0.314. The number of phenols is 1. The van der Waals surface area contributed by atoms with E-state index < -0.39 is 0 Å². The maximum atomic E-state index is 10.7. The Labute approximate surface area is 186 Å². The zero-order valence-electron chi connectivity index (χ0n) is 17.7. The Kier molecular flexibility index (Phi) is 6.14. The van der Waals surface area contributed by atoms with Crippen LogP contribution in [0.3, 0.4) is 0 Å². The lowest BCUT2D eigenvalue weighted by Gasteiger charge is -2.12. The second-order valence-corrected chi connectivity index (χ2v) is 7.98. The molecule has 0 aliphatic carbocycles. The zero-order valence-corrected chi connectivity index (χ0v) is 18.5. The topological polar surface area (TPSA) is 47.9 Å². The lowest BCUT2D eigenvalue weighted by atomic mass is 10.0. The van der Waals surface area contributed by atoms with E-state index in [1.807, 2.05) is 42.5 Å². The van der Waals surface area contributed by atoms with Gasteiger partial charge in [-0.2, -0.15) is 0 Å². The summed E-state index contributed by atoms with van der Waals surface area (Å²) in [5, 5.41) is 13.7. The van der Waals surface area contributed by atoms with Crippen molar-refractivity contribution < 1.29 is 19.3 Å². The Morgan fingerprint density at radius 3 is 2.26 bits per heavy atom. The van der Waals surface area contributed by atoms with Crippen LogP contribution in [0.4, 0.5) is 0 Å². The first-order valence-electron chi connectivity index (χ1n) is 9.89. The molecule has 0 saturated carbocycles. The molecule has 158 valence electrons. The fourth-order valence-corrected chi connectivity index (χ4v) is 4.73. The summed E-state index contributed by atoms with van der Waals surface area (Å²) < 4.78 is 17.3. The van der Waals surface area contributed by atoms with Crippen LogP contribution >= 0.6 is 11.3 Å². The van der Waals surface area contributed by atoms with Gasteiger partial charge in [0.1, 0.15) is 5.75 Å². The van der Waals surface area contributed by atoms with Crippen LogP contribution in [-0.2, 0) is 6.42 Å². The van der Waals surface area contributed by atoms with Gasteiger partial charge in [-0.25, -0.2) is 0 Å². The minimum Gasteiger partial charge on any atom is -0.507 e. The van der Waals surface area contributed by atoms with Crippen molar-refractivity contribution in [1.29, 1.82) is 0 Å². The maximum Gasteiger partial charge on any atom is 0.203 e. The van der Waals surface area contributed by atoms with Gasteiger partial charge in [0.05, 0.1) is 21.3 Å². The number of benzene rings is 3. The largest absolute Gasteiger partial charge is 0.507 e. The van der Waals surface area contributed by atoms with Crippen molar-refractivity contribution in [2.45, 2.75) is 6.42 Å². The van der Waals surface area contributed by atoms with E-state index in [0.717, 1.165) is 32.3 Å². The molecule has 0 unspecified atom stereocenters.